The molecular formula is C22H21F3N4O3. The average molecular weight is 446 g/mol. The lowest BCUT2D eigenvalue weighted by atomic mass is 10.2. The van der Waals surface area contributed by atoms with Crippen LogP contribution in [0.2, 0.25) is 0 Å². The average Bonchev–Trinajstić information content (AvgIpc) is 3.43. The van der Waals surface area contributed by atoms with E-state index in [-0.39, 0.29) is 17.6 Å². The zero-order valence-electron chi connectivity index (χ0n) is 17.2. The Morgan fingerprint density at radius 2 is 2.03 bits per heavy atom. The lowest BCUT2D eigenvalue weighted by Crippen LogP contribution is -2.33. The number of amides is 1. The number of hydrogen-bond donors (Lipinski definition) is 1. The Balaban J connectivity index is 1.54. The van der Waals surface area contributed by atoms with Crippen molar-refractivity contribution in [2.75, 3.05) is 30.5 Å². The number of carbonyl (C=O) groups excluding carboxylic acids is 1. The summed E-state index contributed by atoms with van der Waals surface area (Å²) in [7, 11) is 1.64. The topological polar surface area (TPSA) is 80.5 Å². The number of pyridine rings is 1. The first-order valence-electron chi connectivity index (χ1n) is 10.0. The van der Waals surface area contributed by atoms with Crippen LogP contribution in [0.25, 0.3) is 11.5 Å². The van der Waals surface area contributed by atoms with E-state index in [2.05, 4.69) is 20.2 Å². The number of alkyl halides is 3. The van der Waals surface area contributed by atoms with Crippen LogP contribution in [-0.4, -0.2) is 42.2 Å². The van der Waals surface area contributed by atoms with Gasteiger partial charge in [-0.15, -0.1) is 0 Å². The predicted octanol–water partition coefficient (Wildman–Crippen LogP) is 4.62. The van der Waals surface area contributed by atoms with Gasteiger partial charge in [0.25, 0.3) is 5.91 Å². The van der Waals surface area contributed by atoms with E-state index in [1.54, 1.807) is 49.6 Å². The van der Waals surface area contributed by atoms with Gasteiger partial charge in [0.1, 0.15) is 5.82 Å². The highest BCUT2D eigenvalue weighted by molar-refractivity contribution is 6.04. The Morgan fingerprint density at radius 3 is 2.69 bits per heavy atom. The quantitative estimate of drug-likeness (QED) is 0.595. The maximum atomic E-state index is 13.5. The molecule has 1 amide bonds. The van der Waals surface area contributed by atoms with E-state index in [1.807, 2.05) is 0 Å². The summed E-state index contributed by atoms with van der Waals surface area (Å²) >= 11 is 0. The molecule has 3 heterocycles. The van der Waals surface area contributed by atoms with Gasteiger partial charge in [-0.25, -0.2) is 9.97 Å². The van der Waals surface area contributed by atoms with Crippen LogP contribution in [0.4, 0.5) is 24.7 Å². The smallest absolute Gasteiger partial charge is 0.431 e. The fourth-order valence-corrected chi connectivity index (χ4v) is 3.69. The van der Waals surface area contributed by atoms with Crippen LogP contribution in [0.5, 0.6) is 0 Å². The van der Waals surface area contributed by atoms with E-state index < -0.39 is 23.5 Å². The van der Waals surface area contributed by atoms with Gasteiger partial charge < -0.3 is 19.4 Å². The van der Waals surface area contributed by atoms with Crippen LogP contribution in [0, 0.1) is 0 Å². The Morgan fingerprint density at radius 1 is 1.25 bits per heavy atom. The second kappa shape index (κ2) is 8.99. The second-order valence-electron chi connectivity index (χ2n) is 7.36. The number of ether oxygens (including phenoxy) is 1. The molecule has 3 aromatic rings. The third-order valence-corrected chi connectivity index (χ3v) is 5.16. The van der Waals surface area contributed by atoms with Crippen LogP contribution in [0.1, 0.15) is 29.1 Å². The van der Waals surface area contributed by atoms with Crippen molar-refractivity contribution in [3.63, 3.8) is 0 Å². The zero-order valence-corrected chi connectivity index (χ0v) is 17.2. The van der Waals surface area contributed by atoms with E-state index in [1.165, 1.54) is 6.20 Å². The van der Waals surface area contributed by atoms with Gasteiger partial charge >= 0.3 is 6.18 Å². The molecule has 1 aliphatic rings. The minimum Gasteiger partial charge on any atom is -0.431 e. The van der Waals surface area contributed by atoms with Crippen molar-refractivity contribution in [3.05, 3.63) is 60.1 Å². The summed E-state index contributed by atoms with van der Waals surface area (Å²) in [6.07, 6.45) is -1.46. The first-order valence-corrected chi connectivity index (χ1v) is 10.0. The molecule has 0 aliphatic carbocycles. The summed E-state index contributed by atoms with van der Waals surface area (Å²) < 4.78 is 50.5. The minimum absolute atomic E-state index is 0.217. The van der Waals surface area contributed by atoms with Gasteiger partial charge in [-0.05, 0) is 37.1 Å². The number of methoxy groups -OCH3 is 1. The molecule has 1 fully saturated rings. The predicted molar refractivity (Wildman–Crippen MR) is 111 cm³/mol. The number of hydrogen-bond acceptors (Lipinski definition) is 6. The molecule has 1 aromatic carbocycles. The summed E-state index contributed by atoms with van der Waals surface area (Å²) in [5.41, 5.74) is -0.252. The van der Waals surface area contributed by atoms with Crippen LogP contribution in [0.15, 0.2) is 53.1 Å². The highest BCUT2D eigenvalue weighted by Gasteiger charge is 2.42. The number of oxazole rings is 1. The molecule has 2 aromatic heterocycles. The first kappa shape index (κ1) is 21.8. The SMILES string of the molecule is COC[C@H]1CCCN1c1ccc(NC(=O)c2nc(-c3ccccc3)oc2C(F)(F)F)cn1. The normalized spacial score (nSPS) is 16.4. The van der Waals surface area contributed by atoms with Gasteiger partial charge in [0.15, 0.2) is 5.69 Å². The molecule has 10 heteroatoms. The zero-order chi connectivity index (χ0) is 22.7. The molecule has 0 bridgehead atoms. The van der Waals surface area contributed by atoms with Gasteiger partial charge in [-0.3, -0.25) is 4.79 Å². The number of halogens is 3. The van der Waals surface area contributed by atoms with Crippen LogP contribution >= 0.6 is 0 Å². The Bertz CT molecular complexity index is 1070. The van der Waals surface area contributed by atoms with Crippen molar-refractivity contribution >= 4 is 17.4 Å². The molecule has 168 valence electrons. The second-order valence-corrected chi connectivity index (χ2v) is 7.36. The molecule has 32 heavy (non-hydrogen) atoms. The summed E-state index contributed by atoms with van der Waals surface area (Å²) in [6, 6.07) is 11.6. The van der Waals surface area contributed by atoms with E-state index in [9.17, 15) is 18.0 Å². The van der Waals surface area contributed by atoms with Crippen molar-refractivity contribution in [2.24, 2.45) is 0 Å². The molecule has 1 aliphatic heterocycles. The summed E-state index contributed by atoms with van der Waals surface area (Å²) in [5.74, 6) is -2.05. The van der Waals surface area contributed by atoms with Gasteiger partial charge in [-0.2, -0.15) is 13.2 Å². The van der Waals surface area contributed by atoms with Crippen LogP contribution in [-0.2, 0) is 10.9 Å². The molecule has 1 atom stereocenters. The Labute approximate surface area is 182 Å². The van der Waals surface area contributed by atoms with Crippen molar-refractivity contribution in [1.82, 2.24) is 9.97 Å². The number of nitrogens with one attached hydrogen (secondary N) is 1. The summed E-state index contributed by atoms with van der Waals surface area (Å²) in [5, 5.41) is 2.42. The first-order chi connectivity index (χ1) is 15.4. The fourth-order valence-electron chi connectivity index (χ4n) is 3.69. The number of rotatable bonds is 6. The van der Waals surface area contributed by atoms with Crippen molar-refractivity contribution in [2.45, 2.75) is 25.1 Å². The third-order valence-electron chi connectivity index (χ3n) is 5.16. The van der Waals surface area contributed by atoms with Gasteiger partial charge in [0.2, 0.25) is 11.7 Å². The molecular weight excluding hydrogens is 425 g/mol. The largest absolute Gasteiger partial charge is 0.452 e. The molecule has 1 N–H and O–H groups in total. The van der Waals surface area contributed by atoms with Gasteiger partial charge in [-0.1, -0.05) is 18.2 Å². The standard InChI is InChI=1S/C22H21F3N4O3/c1-31-13-16-8-5-11-29(16)17-10-9-15(12-26-17)27-20(30)18-19(22(23,24)25)32-21(28-18)14-6-3-2-4-7-14/h2-4,6-7,9-10,12,16H,5,8,11,13H2,1H3,(H,27,30)/t16-/m1/s1. The maximum Gasteiger partial charge on any atom is 0.452 e. The van der Waals surface area contributed by atoms with Crippen molar-refractivity contribution in [1.29, 1.82) is 0 Å². The molecule has 1 saturated heterocycles. The highest BCUT2D eigenvalue weighted by Crippen LogP contribution is 2.35. The minimum atomic E-state index is -4.87. The lowest BCUT2D eigenvalue weighted by Gasteiger charge is -2.25. The lowest BCUT2D eigenvalue weighted by molar-refractivity contribution is -0.153. The molecule has 0 saturated carbocycles. The van der Waals surface area contributed by atoms with E-state index in [0.29, 0.717) is 18.0 Å². The molecule has 4 rings (SSSR count). The van der Waals surface area contributed by atoms with Crippen LogP contribution < -0.4 is 10.2 Å². The molecule has 0 spiro atoms. The Kier molecular flexibility index (Phi) is 6.13. The molecule has 0 unspecified atom stereocenters. The number of benzene rings is 1. The summed E-state index contributed by atoms with van der Waals surface area (Å²) in [4.78, 5) is 22.9. The van der Waals surface area contributed by atoms with E-state index in [0.717, 1.165) is 19.4 Å². The molecule has 0 radical (unpaired) electrons. The van der Waals surface area contributed by atoms with E-state index in [4.69, 9.17) is 9.15 Å². The third kappa shape index (κ3) is 4.59. The maximum absolute atomic E-state index is 13.5. The monoisotopic (exact) mass is 446 g/mol. The Hall–Kier alpha value is -3.40. The van der Waals surface area contributed by atoms with E-state index >= 15 is 0 Å². The number of nitrogens with zero attached hydrogens (tertiary/aromatic N) is 3. The molecule has 7 nitrogen and oxygen atoms in total. The van der Waals surface area contributed by atoms with Crippen molar-refractivity contribution in [3.8, 4) is 11.5 Å². The fraction of sp³-hybridized carbons (Fsp3) is 0.318. The van der Waals surface area contributed by atoms with Gasteiger partial charge in [0.05, 0.1) is 24.5 Å². The number of anilines is 2. The number of carbonyl (C=O) groups is 1. The number of aromatic nitrogens is 2. The van der Waals surface area contributed by atoms with Crippen molar-refractivity contribution < 1.29 is 27.1 Å². The van der Waals surface area contributed by atoms with Gasteiger partial charge in [0, 0.05) is 19.2 Å². The van der Waals surface area contributed by atoms with Crippen LogP contribution in [0.3, 0.4) is 0 Å². The summed E-state index contributed by atoms with van der Waals surface area (Å²) in [6.45, 7) is 1.42. The highest BCUT2D eigenvalue weighted by atomic mass is 19.4.